The summed E-state index contributed by atoms with van der Waals surface area (Å²) in [6, 6.07) is 13.6. The Morgan fingerprint density at radius 2 is 1.83 bits per heavy atom. The van der Waals surface area contributed by atoms with Crippen molar-refractivity contribution in [3.05, 3.63) is 48.0 Å². The van der Waals surface area contributed by atoms with E-state index in [0.29, 0.717) is 13.2 Å². The maximum atomic E-state index is 12.9. The molecule has 1 saturated carbocycles. The van der Waals surface area contributed by atoms with Crippen LogP contribution in [0.3, 0.4) is 0 Å². The summed E-state index contributed by atoms with van der Waals surface area (Å²) in [6.45, 7) is 2.67. The van der Waals surface area contributed by atoms with E-state index in [1.165, 1.54) is 12.8 Å². The second kappa shape index (κ2) is 7.85. The van der Waals surface area contributed by atoms with Gasteiger partial charge in [-0.1, -0.05) is 6.07 Å². The summed E-state index contributed by atoms with van der Waals surface area (Å²) in [5.41, 5.74) is 1.87. The Morgan fingerprint density at radius 1 is 1.03 bits per heavy atom. The summed E-state index contributed by atoms with van der Waals surface area (Å²) in [5, 5.41) is 3.03. The van der Waals surface area contributed by atoms with Crippen molar-refractivity contribution in [3.63, 3.8) is 0 Å². The molecule has 0 unspecified atom stereocenters. The van der Waals surface area contributed by atoms with Gasteiger partial charge in [0.15, 0.2) is 11.5 Å². The number of urea groups is 1. The molecule has 0 bridgehead atoms. The molecular weight excluding hydrogens is 368 g/mol. The van der Waals surface area contributed by atoms with Crippen LogP contribution in [0.15, 0.2) is 42.5 Å². The van der Waals surface area contributed by atoms with Crippen molar-refractivity contribution in [1.82, 2.24) is 4.90 Å². The summed E-state index contributed by atoms with van der Waals surface area (Å²) >= 11 is 0. The van der Waals surface area contributed by atoms with E-state index in [2.05, 4.69) is 5.32 Å². The molecular formula is C23H26N2O4. The van der Waals surface area contributed by atoms with Crippen LogP contribution in [-0.4, -0.2) is 37.3 Å². The van der Waals surface area contributed by atoms with Gasteiger partial charge in [-0.05, 0) is 73.6 Å². The molecule has 6 nitrogen and oxygen atoms in total. The minimum atomic E-state index is -0.0750. The van der Waals surface area contributed by atoms with Crippen LogP contribution in [-0.2, 0) is 0 Å². The molecule has 29 heavy (non-hydrogen) atoms. The number of rotatable bonds is 5. The summed E-state index contributed by atoms with van der Waals surface area (Å²) in [7, 11) is 0. The van der Waals surface area contributed by atoms with Crippen molar-refractivity contribution in [2.24, 2.45) is 5.92 Å². The van der Waals surface area contributed by atoms with Gasteiger partial charge < -0.3 is 24.4 Å². The van der Waals surface area contributed by atoms with Crippen molar-refractivity contribution in [1.29, 1.82) is 0 Å². The molecule has 2 heterocycles. The number of carbonyl (C=O) groups excluding carboxylic acids is 1. The zero-order valence-electron chi connectivity index (χ0n) is 16.4. The van der Waals surface area contributed by atoms with E-state index in [1.54, 1.807) is 0 Å². The molecule has 0 radical (unpaired) electrons. The number of hydrogen-bond donors (Lipinski definition) is 1. The number of hydrogen-bond acceptors (Lipinski definition) is 4. The van der Waals surface area contributed by atoms with Crippen molar-refractivity contribution >= 4 is 11.7 Å². The lowest BCUT2D eigenvalue weighted by molar-refractivity contribution is 0.170. The summed E-state index contributed by atoms with van der Waals surface area (Å²) in [4.78, 5) is 14.8. The SMILES string of the molecule is O=C(Nc1ccc(OCC2CC2)cc1)N1CCC[C@@H]1c1ccc2c(c1)OCCO2. The molecule has 1 atom stereocenters. The van der Waals surface area contributed by atoms with Crippen molar-refractivity contribution in [2.45, 2.75) is 31.7 Å². The van der Waals surface area contributed by atoms with Gasteiger partial charge in [-0.15, -0.1) is 0 Å². The average Bonchev–Trinajstić information content (AvgIpc) is 3.46. The summed E-state index contributed by atoms with van der Waals surface area (Å²) in [5.74, 6) is 3.12. The summed E-state index contributed by atoms with van der Waals surface area (Å²) < 4.78 is 17.1. The number of likely N-dealkylation sites (tertiary alicyclic amines) is 1. The second-order valence-corrected chi connectivity index (χ2v) is 7.96. The Kier molecular flexibility index (Phi) is 4.92. The maximum Gasteiger partial charge on any atom is 0.322 e. The maximum absolute atomic E-state index is 12.9. The third-order valence-corrected chi connectivity index (χ3v) is 5.75. The van der Waals surface area contributed by atoms with Gasteiger partial charge in [-0.25, -0.2) is 4.79 Å². The lowest BCUT2D eigenvalue weighted by Gasteiger charge is -2.27. The van der Waals surface area contributed by atoms with Crippen molar-refractivity contribution < 1.29 is 19.0 Å². The molecule has 152 valence electrons. The second-order valence-electron chi connectivity index (χ2n) is 7.96. The first-order valence-corrected chi connectivity index (χ1v) is 10.5. The fourth-order valence-electron chi connectivity index (χ4n) is 3.95. The smallest absolute Gasteiger partial charge is 0.322 e. The molecule has 1 aliphatic carbocycles. The molecule has 5 rings (SSSR count). The molecule has 2 aromatic rings. The Bertz CT molecular complexity index is 879. The molecule has 2 aliphatic heterocycles. The third-order valence-electron chi connectivity index (χ3n) is 5.75. The van der Waals surface area contributed by atoms with Crippen molar-refractivity contribution in [3.8, 4) is 17.2 Å². The van der Waals surface area contributed by atoms with E-state index >= 15 is 0 Å². The number of ether oxygens (including phenoxy) is 3. The van der Waals surface area contributed by atoms with E-state index < -0.39 is 0 Å². The molecule has 2 aromatic carbocycles. The molecule has 6 heteroatoms. The number of anilines is 1. The molecule has 1 N–H and O–H groups in total. The van der Waals surface area contributed by atoms with E-state index in [0.717, 1.165) is 60.4 Å². The van der Waals surface area contributed by atoms with Crippen LogP contribution in [0.1, 0.15) is 37.3 Å². The van der Waals surface area contributed by atoms with E-state index in [9.17, 15) is 4.79 Å². The normalized spacial score (nSPS) is 20.4. The van der Waals surface area contributed by atoms with Crippen molar-refractivity contribution in [2.75, 3.05) is 31.7 Å². The number of nitrogens with zero attached hydrogens (tertiary/aromatic N) is 1. The van der Waals surface area contributed by atoms with Gasteiger partial charge in [0, 0.05) is 12.2 Å². The van der Waals surface area contributed by atoms with Crippen LogP contribution in [0.5, 0.6) is 17.2 Å². The summed E-state index contributed by atoms with van der Waals surface area (Å²) in [6.07, 6.45) is 4.48. The van der Waals surface area contributed by atoms with Gasteiger partial charge in [-0.2, -0.15) is 0 Å². The van der Waals surface area contributed by atoms with Gasteiger partial charge in [0.25, 0.3) is 0 Å². The van der Waals surface area contributed by atoms with Crippen LogP contribution < -0.4 is 19.5 Å². The predicted molar refractivity (Wildman–Crippen MR) is 110 cm³/mol. The number of benzene rings is 2. The molecule has 0 aromatic heterocycles. The molecule has 3 aliphatic rings. The largest absolute Gasteiger partial charge is 0.493 e. The monoisotopic (exact) mass is 394 g/mol. The zero-order valence-corrected chi connectivity index (χ0v) is 16.4. The van der Waals surface area contributed by atoms with E-state index in [1.807, 2.05) is 47.4 Å². The average molecular weight is 394 g/mol. The van der Waals surface area contributed by atoms with Gasteiger partial charge in [0.1, 0.15) is 19.0 Å². The zero-order chi connectivity index (χ0) is 19.6. The lowest BCUT2D eigenvalue weighted by atomic mass is 10.0. The highest BCUT2D eigenvalue weighted by Gasteiger charge is 2.31. The lowest BCUT2D eigenvalue weighted by Crippen LogP contribution is -2.34. The highest BCUT2D eigenvalue weighted by Crippen LogP contribution is 2.38. The molecule has 0 spiro atoms. The first-order chi connectivity index (χ1) is 14.3. The van der Waals surface area contributed by atoms with Crippen LogP contribution in [0.4, 0.5) is 10.5 Å². The van der Waals surface area contributed by atoms with Gasteiger partial charge >= 0.3 is 6.03 Å². The Hall–Kier alpha value is -2.89. The minimum absolute atomic E-state index is 0.0481. The van der Waals surface area contributed by atoms with E-state index in [4.69, 9.17) is 14.2 Å². The Labute approximate surface area is 170 Å². The van der Waals surface area contributed by atoms with Crippen LogP contribution in [0, 0.1) is 5.92 Å². The van der Waals surface area contributed by atoms with Gasteiger partial charge in [-0.3, -0.25) is 0 Å². The predicted octanol–water partition coefficient (Wildman–Crippen LogP) is 4.62. The number of nitrogens with one attached hydrogen (secondary N) is 1. The highest BCUT2D eigenvalue weighted by molar-refractivity contribution is 5.89. The fraction of sp³-hybridized carbons (Fsp3) is 0.435. The Balaban J connectivity index is 1.24. The highest BCUT2D eigenvalue weighted by atomic mass is 16.6. The number of amides is 2. The standard InChI is InChI=1S/C23H26N2O4/c26-23(24-18-6-8-19(9-7-18)29-15-16-3-4-16)25-11-1-2-20(25)17-5-10-21-22(14-17)28-13-12-27-21/h5-10,14,16,20H,1-4,11-13,15H2,(H,24,26)/t20-/m1/s1. The molecule has 2 fully saturated rings. The van der Waals surface area contributed by atoms with Crippen LogP contribution >= 0.6 is 0 Å². The first kappa shape index (κ1) is 18.2. The first-order valence-electron chi connectivity index (χ1n) is 10.5. The van der Waals surface area contributed by atoms with Gasteiger partial charge in [0.2, 0.25) is 0 Å². The van der Waals surface area contributed by atoms with Gasteiger partial charge in [0.05, 0.1) is 12.6 Å². The molecule has 1 saturated heterocycles. The Morgan fingerprint density at radius 3 is 2.62 bits per heavy atom. The fourth-order valence-corrected chi connectivity index (χ4v) is 3.95. The van der Waals surface area contributed by atoms with Crippen LogP contribution in [0.25, 0.3) is 0 Å². The number of fused-ring (bicyclic) bond motifs is 1. The number of carbonyl (C=O) groups is 1. The third kappa shape index (κ3) is 4.11. The van der Waals surface area contributed by atoms with Crippen LogP contribution in [0.2, 0.25) is 0 Å². The minimum Gasteiger partial charge on any atom is -0.493 e. The van der Waals surface area contributed by atoms with E-state index in [-0.39, 0.29) is 12.1 Å². The topological polar surface area (TPSA) is 60.0 Å². The quantitative estimate of drug-likeness (QED) is 0.804. The molecule has 2 amide bonds.